The first kappa shape index (κ1) is 20.1. The molecule has 0 bridgehead atoms. The molecule has 0 saturated heterocycles. The number of hydrogen-bond donors (Lipinski definition) is 2. The number of aromatic amines is 1. The third-order valence-corrected chi connectivity index (χ3v) is 6.18. The zero-order valence-corrected chi connectivity index (χ0v) is 17.9. The summed E-state index contributed by atoms with van der Waals surface area (Å²) in [6, 6.07) is 24.0. The van der Waals surface area contributed by atoms with Crippen LogP contribution in [-0.2, 0) is 0 Å². The van der Waals surface area contributed by atoms with Crippen molar-refractivity contribution in [3.05, 3.63) is 83.9 Å². The third kappa shape index (κ3) is 4.21. The van der Waals surface area contributed by atoms with Crippen LogP contribution in [0.5, 0.6) is 5.75 Å². The van der Waals surface area contributed by atoms with Gasteiger partial charge in [0.15, 0.2) is 0 Å². The van der Waals surface area contributed by atoms with E-state index in [9.17, 15) is 4.79 Å². The van der Waals surface area contributed by atoms with E-state index in [1.165, 1.54) is 10.3 Å². The van der Waals surface area contributed by atoms with Crippen LogP contribution in [0, 0.1) is 6.92 Å². The van der Waals surface area contributed by atoms with Crippen LogP contribution >= 0.6 is 11.8 Å². The molecule has 0 unspecified atom stereocenters. The zero-order chi connectivity index (χ0) is 20.9. The molecule has 0 fully saturated rings. The molecular formula is C25H24N2O2S. The van der Waals surface area contributed by atoms with Crippen molar-refractivity contribution in [2.75, 3.05) is 19.4 Å². The highest BCUT2D eigenvalue weighted by Gasteiger charge is 2.14. The molecule has 1 aromatic heterocycles. The molecule has 1 heterocycles. The number of carbonyl (C=O) groups is 1. The van der Waals surface area contributed by atoms with Crippen LogP contribution in [0.25, 0.3) is 22.2 Å². The Balaban J connectivity index is 1.50. The van der Waals surface area contributed by atoms with E-state index in [-0.39, 0.29) is 5.91 Å². The lowest BCUT2D eigenvalue weighted by Gasteiger charge is -2.09. The highest BCUT2D eigenvalue weighted by atomic mass is 32.2. The van der Waals surface area contributed by atoms with Gasteiger partial charge in [0, 0.05) is 33.7 Å². The lowest BCUT2D eigenvalue weighted by Crippen LogP contribution is -2.26. The smallest absolute Gasteiger partial charge is 0.251 e. The number of para-hydroxylation sites is 1. The van der Waals surface area contributed by atoms with Crippen LogP contribution in [0.2, 0.25) is 0 Å². The van der Waals surface area contributed by atoms with Gasteiger partial charge in [-0.05, 0) is 54.4 Å². The van der Waals surface area contributed by atoms with Crippen molar-refractivity contribution >= 4 is 28.6 Å². The fraction of sp³-hybridized carbons (Fsp3) is 0.160. The summed E-state index contributed by atoms with van der Waals surface area (Å²) < 4.78 is 5.29. The molecule has 0 aliphatic heterocycles. The Kier molecular flexibility index (Phi) is 6.10. The highest BCUT2D eigenvalue weighted by molar-refractivity contribution is 7.99. The maximum absolute atomic E-state index is 12.4. The van der Waals surface area contributed by atoms with Crippen LogP contribution in [0.1, 0.15) is 15.9 Å². The molecule has 4 rings (SSSR count). The predicted octanol–water partition coefficient (Wildman–Crippen LogP) is 5.67. The second kappa shape index (κ2) is 9.09. The van der Waals surface area contributed by atoms with Gasteiger partial charge in [0.1, 0.15) is 5.75 Å². The normalized spacial score (nSPS) is 10.9. The summed E-state index contributed by atoms with van der Waals surface area (Å²) in [7, 11) is 1.67. The van der Waals surface area contributed by atoms with E-state index in [1.807, 2.05) is 49.4 Å². The fourth-order valence-corrected chi connectivity index (χ4v) is 4.52. The molecule has 1 amide bonds. The van der Waals surface area contributed by atoms with Crippen molar-refractivity contribution in [2.45, 2.75) is 11.8 Å². The van der Waals surface area contributed by atoms with E-state index >= 15 is 0 Å². The van der Waals surface area contributed by atoms with Crippen molar-refractivity contribution in [1.29, 1.82) is 0 Å². The number of hydrogen-bond acceptors (Lipinski definition) is 3. The average molecular weight is 417 g/mol. The molecule has 0 radical (unpaired) electrons. The minimum absolute atomic E-state index is 0.0250. The standard InChI is InChI=1S/C25H24N2O2S/c1-17-7-3-4-8-20(17)25(28)26-15-16-30-24-21-9-5-6-10-22(21)27-23(24)18-11-13-19(29-2)14-12-18/h3-14,27H,15-16H2,1-2H3,(H,26,28). The van der Waals surface area contributed by atoms with Crippen LogP contribution in [0.15, 0.2) is 77.7 Å². The summed E-state index contributed by atoms with van der Waals surface area (Å²) in [5.74, 6) is 1.59. The second-order valence-corrected chi connectivity index (χ2v) is 8.13. The van der Waals surface area contributed by atoms with Gasteiger partial charge in [-0.2, -0.15) is 0 Å². The van der Waals surface area contributed by atoms with E-state index in [0.29, 0.717) is 6.54 Å². The number of nitrogens with one attached hydrogen (secondary N) is 2. The monoisotopic (exact) mass is 416 g/mol. The molecule has 0 atom stereocenters. The van der Waals surface area contributed by atoms with E-state index in [2.05, 4.69) is 40.6 Å². The van der Waals surface area contributed by atoms with Crippen LogP contribution in [-0.4, -0.2) is 30.3 Å². The number of carbonyl (C=O) groups excluding carboxylic acids is 1. The number of ether oxygens (including phenoxy) is 1. The molecular weight excluding hydrogens is 392 g/mol. The maximum atomic E-state index is 12.4. The number of benzene rings is 3. The molecule has 4 nitrogen and oxygen atoms in total. The Morgan fingerprint density at radius 2 is 1.73 bits per heavy atom. The maximum Gasteiger partial charge on any atom is 0.251 e. The van der Waals surface area contributed by atoms with Crippen LogP contribution in [0.4, 0.5) is 0 Å². The first-order valence-corrected chi connectivity index (χ1v) is 10.9. The van der Waals surface area contributed by atoms with Crippen molar-refractivity contribution < 1.29 is 9.53 Å². The minimum Gasteiger partial charge on any atom is -0.497 e. The Labute approximate surface area is 180 Å². The lowest BCUT2D eigenvalue weighted by atomic mass is 10.1. The summed E-state index contributed by atoms with van der Waals surface area (Å²) in [4.78, 5) is 17.2. The average Bonchev–Trinajstić information content (AvgIpc) is 3.15. The van der Waals surface area contributed by atoms with Crippen molar-refractivity contribution in [3.63, 3.8) is 0 Å². The predicted molar refractivity (Wildman–Crippen MR) is 125 cm³/mol. The van der Waals surface area contributed by atoms with Gasteiger partial charge in [-0.15, -0.1) is 11.8 Å². The van der Waals surface area contributed by atoms with Gasteiger partial charge in [-0.3, -0.25) is 4.79 Å². The number of aryl methyl sites for hydroxylation is 1. The van der Waals surface area contributed by atoms with E-state index in [1.54, 1.807) is 18.9 Å². The first-order valence-electron chi connectivity index (χ1n) is 9.89. The van der Waals surface area contributed by atoms with E-state index in [0.717, 1.165) is 39.4 Å². The van der Waals surface area contributed by atoms with Crippen molar-refractivity contribution in [1.82, 2.24) is 10.3 Å². The lowest BCUT2D eigenvalue weighted by molar-refractivity contribution is 0.0955. The molecule has 2 N–H and O–H groups in total. The Bertz CT molecular complexity index is 1170. The number of fused-ring (bicyclic) bond motifs is 1. The molecule has 4 aromatic rings. The molecule has 0 aliphatic rings. The largest absolute Gasteiger partial charge is 0.497 e. The van der Waals surface area contributed by atoms with E-state index in [4.69, 9.17) is 4.74 Å². The number of methoxy groups -OCH3 is 1. The van der Waals surface area contributed by atoms with Gasteiger partial charge in [0.2, 0.25) is 0 Å². The molecule has 0 spiro atoms. The number of thioether (sulfide) groups is 1. The summed E-state index contributed by atoms with van der Waals surface area (Å²) in [6.45, 7) is 2.55. The topological polar surface area (TPSA) is 54.1 Å². The summed E-state index contributed by atoms with van der Waals surface area (Å²) in [5, 5.41) is 4.23. The number of rotatable bonds is 7. The number of aromatic nitrogens is 1. The highest BCUT2D eigenvalue weighted by Crippen LogP contribution is 2.38. The van der Waals surface area contributed by atoms with E-state index < -0.39 is 0 Å². The quantitative estimate of drug-likeness (QED) is 0.301. The molecule has 30 heavy (non-hydrogen) atoms. The first-order chi connectivity index (χ1) is 14.7. The second-order valence-electron chi connectivity index (χ2n) is 7.02. The number of H-pyrrole nitrogens is 1. The van der Waals surface area contributed by atoms with Crippen LogP contribution in [0.3, 0.4) is 0 Å². The van der Waals surface area contributed by atoms with Gasteiger partial charge in [0.05, 0.1) is 12.8 Å². The summed E-state index contributed by atoms with van der Waals surface area (Å²) in [5.41, 5.74) is 5.02. The Morgan fingerprint density at radius 1 is 1.00 bits per heavy atom. The third-order valence-electron chi connectivity index (χ3n) is 5.06. The summed E-state index contributed by atoms with van der Waals surface area (Å²) in [6.07, 6.45) is 0. The molecule has 0 saturated carbocycles. The molecule has 0 aliphatic carbocycles. The van der Waals surface area contributed by atoms with Gasteiger partial charge >= 0.3 is 0 Å². The fourth-order valence-electron chi connectivity index (χ4n) is 3.47. The van der Waals surface area contributed by atoms with Crippen molar-refractivity contribution in [2.24, 2.45) is 0 Å². The molecule has 152 valence electrons. The van der Waals surface area contributed by atoms with Gasteiger partial charge in [-0.1, -0.05) is 36.4 Å². The number of amides is 1. The summed E-state index contributed by atoms with van der Waals surface area (Å²) >= 11 is 1.75. The van der Waals surface area contributed by atoms with Crippen molar-refractivity contribution in [3.8, 4) is 17.0 Å². The SMILES string of the molecule is COc1ccc(-c2[nH]c3ccccc3c2SCCNC(=O)c2ccccc2C)cc1. The molecule has 5 heteroatoms. The van der Waals surface area contributed by atoms with Gasteiger partial charge in [-0.25, -0.2) is 0 Å². The van der Waals surface area contributed by atoms with Gasteiger partial charge < -0.3 is 15.0 Å². The minimum atomic E-state index is -0.0250. The van der Waals surface area contributed by atoms with Crippen LogP contribution < -0.4 is 10.1 Å². The zero-order valence-electron chi connectivity index (χ0n) is 17.1. The Hall–Kier alpha value is -3.18. The van der Waals surface area contributed by atoms with Gasteiger partial charge in [0.25, 0.3) is 5.91 Å². The molecule has 3 aromatic carbocycles. The Morgan fingerprint density at radius 3 is 2.50 bits per heavy atom.